The molecule has 1 aliphatic heterocycles. The topological polar surface area (TPSA) is 49.9 Å². The number of ether oxygens (including phenoxy) is 1. The van der Waals surface area contributed by atoms with Gasteiger partial charge in [0.1, 0.15) is 5.75 Å². The maximum absolute atomic E-state index is 12.8. The average molecular weight is 415 g/mol. The standard InChI is InChI=1S/C18H20Cl2N2O3S/c1-2-25-15-4-6-16(7-5-15)26(23,24)22-11-9-21(10-12-22)14-3-8-17(19)18(20)13-14/h3-8,13H,2,9-12H2,1H3. The third-order valence-corrected chi connectivity index (χ3v) is 6.93. The number of sulfonamides is 1. The summed E-state index contributed by atoms with van der Waals surface area (Å²) in [5.41, 5.74) is 0.942. The van der Waals surface area contributed by atoms with Crippen molar-refractivity contribution in [3.63, 3.8) is 0 Å². The van der Waals surface area contributed by atoms with Gasteiger partial charge in [-0.25, -0.2) is 8.42 Å². The molecule has 2 aromatic carbocycles. The lowest BCUT2D eigenvalue weighted by Crippen LogP contribution is -2.48. The van der Waals surface area contributed by atoms with Crippen molar-refractivity contribution in [2.75, 3.05) is 37.7 Å². The number of benzene rings is 2. The molecular formula is C18H20Cl2N2O3S. The molecule has 0 atom stereocenters. The normalized spacial score (nSPS) is 15.9. The van der Waals surface area contributed by atoms with Crippen LogP contribution < -0.4 is 9.64 Å². The van der Waals surface area contributed by atoms with Gasteiger partial charge in [0.15, 0.2) is 0 Å². The van der Waals surface area contributed by atoms with Gasteiger partial charge in [-0.05, 0) is 49.4 Å². The van der Waals surface area contributed by atoms with Crippen LogP contribution in [0.1, 0.15) is 6.92 Å². The molecule has 5 nitrogen and oxygen atoms in total. The predicted molar refractivity (Wildman–Crippen MR) is 105 cm³/mol. The van der Waals surface area contributed by atoms with E-state index in [1.165, 1.54) is 4.31 Å². The highest BCUT2D eigenvalue weighted by Crippen LogP contribution is 2.28. The molecule has 0 bridgehead atoms. The van der Waals surface area contributed by atoms with E-state index < -0.39 is 10.0 Å². The van der Waals surface area contributed by atoms with Crippen LogP contribution in [0.5, 0.6) is 5.75 Å². The number of rotatable bonds is 5. The van der Waals surface area contributed by atoms with Gasteiger partial charge in [-0.3, -0.25) is 0 Å². The molecule has 0 amide bonds. The van der Waals surface area contributed by atoms with Crippen molar-refractivity contribution in [2.24, 2.45) is 0 Å². The number of nitrogens with zero attached hydrogens (tertiary/aromatic N) is 2. The first-order chi connectivity index (χ1) is 12.4. The van der Waals surface area contributed by atoms with Crippen LogP contribution in [0.3, 0.4) is 0 Å². The molecule has 1 fully saturated rings. The summed E-state index contributed by atoms with van der Waals surface area (Å²) in [6.45, 7) is 4.44. The van der Waals surface area contributed by atoms with E-state index in [9.17, 15) is 8.42 Å². The van der Waals surface area contributed by atoms with Crippen LogP contribution >= 0.6 is 23.2 Å². The number of halogens is 2. The minimum Gasteiger partial charge on any atom is -0.494 e. The van der Waals surface area contributed by atoms with E-state index in [0.717, 1.165) is 5.69 Å². The fraction of sp³-hybridized carbons (Fsp3) is 0.333. The van der Waals surface area contributed by atoms with Crippen molar-refractivity contribution in [3.8, 4) is 5.75 Å². The fourth-order valence-electron chi connectivity index (χ4n) is 2.89. The van der Waals surface area contributed by atoms with Gasteiger partial charge in [0, 0.05) is 31.9 Å². The Kier molecular flexibility index (Phi) is 5.97. The quantitative estimate of drug-likeness (QED) is 0.743. The molecule has 0 saturated carbocycles. The lowest BCUT2D eigenvalue weighted by Gasteiger charge is -2.35. The van der Waals surface area contributed by atoms with Gasteiger partial charge in [-0.1, -0.05) is 23.2 Å². The molecule has 0 unspecified atom stereocenters. The minimum atomic E-state index is -3.51. The molecule has 1 aliphatic rings. The SMILES string of the molecule is CCOc1ccc(S(=O)(=O)N2CCN(c3ccc(Cl)c(Cl)c3)CC2)cc1. The summed E-state index contributed by atoms with van der Waals surface area (Å²) in [6, 6.07) is 12.0. The Labute approximate surface area is 164 Å². The first-order valence-electron chi connectivity index (χ1n) is 8.35. The molecule has 1 saturated heterocycles. The Bertz CT molecular complexity index is 865. The van der Waals surface area contributed by atoms with E-state index in [4.69, 9.17) is 27.9 Å². The van der Waals surface area contributed by atoms with Gasteiger partial charge >= 0.3 is 0 Å². The summed E-state index contributed by atoms with van der Waals surface area (Å²) in [6.07, 6.45) is 0. The molecular weight excluding hydrogens is 395 g/mol. The summed E-state index contributed by atoms with van der Waals surface area (Å²) < 4.78 is 32.5. The summed E-state index contributed by atoms with van der Waals surface area (Å²) in [5, 5.41) is 1.00. The van der Waals surface area contributed by atoms with Crippen LogP contribution in [0.4, 0.5) is 5.69 Å². The average Bonchev–Trinajstić information content (AvgIpc) is 2.65. The predicted octanol–water partition coefficient (Wildman–Crippen LogP) is 3.90. The van der Waals surface area contributed by atoms with Crippen LogP contribution in [-0.4, -0.2) is 45.5 Å². The molecule has 0 spiro atoms. The zero-order valence-electron chi connectivity index (χ0n) is 14.4. The molecule has 0 aromatic heterocycles. The van der Waals surface area contributed by atoms with E-state index in [-0.39, 0.29) is 4.90 Å². The molecule has 0 radical (unpaired) electrons. The Hall–Kier alpha value is -1.47. The van der Waals surface area contributed by atoms with E-state index in [1.807, 2.05) is 13.0 Å². The van der Waals surface area contributed by atoms with Crippen molar-refractivity contribution < 1.29 is 13.2 Å². The van der Waals surface area contributed by atoms with E-state index >= 15 is 0 Å². The Morgan fingerprint density at radius 1 is 0.962 bits per heavy atom. The largest absolute Gasteiger partial charge is 0.494 e. The molecule has 3 rings (SSSR count). The summed E-state index contributed by atoms with van der Waals surface area (Å²) in [4.78, 5) is 2.39. The van der Waals surface area contributed by atoms with Crippen LogP contribution in [0.15, 0.2) is 47.4 Å². The second-order valence-electron chi connectivity index (χ2n) is 5.89. The van der Waals surface area contributed by atoms with Gasteiger partial charge in [0.2, 0.25) is 10.0 Å². The summed E-state index contributed by atoms with van der Waals surface area (Å²) in [5.74, 6) is 0.663. The zero-order valence-corrected chi connectivity index (χ0v) is 16.7. The number of hydrogen-bond acceptors (Lipinski definition) is 4. The van der Waals surface area contributed by atoms with Crippen LogP contribution in [-0.2, 0) is 10.0 Å². The smallest absolute Gasteiger partial charge is 0.243 e. The molecule has 0 aliphatic carbocycles. The zero-order chi connectivity index (χ0) is 18.7. The second-order valence-corrected chi connectivity index (χ2v) is 8.65. The molecule has 140 valence electrons. The van der Waals surface area contributed by atoms with Crippen molar-refractivity contribution in [1.29, 1.82) is 0 Å². The van der Waals surface area contributed by atoms with E-state index in [0.29, 0.717) is 48.6 Å². The Morgan fingerprint density at radius 3 is 2.19 bits per heavy atom. The van der Waals surface area contributed by atoms with Gasteiger partial charge in [-0.15, -0.1) is 0 Å². The van der Waals surface area contributed by atoms with Gasteiger partial charge in [-0.2, -0.15) is 4.31 Å². The van der Waals surface area contributed by atoms with Crippen molar-refractivity contribution in [2.45, 2.75) is 11.8 Å². The molecule has 0 N–H and O–H groups in total. The number of piperazine rings is 1. The highest BCUT2D eigenvalue weighted by atomic mass is 35.5. The first kappa shape index (κ1) is 19.3. The third-order valence-electron chi connectivity index (χ3n) is 4.28. The Balaban J connectivity index is 1.69. The van der Waals surface area contributed by atoms with E-state index in [1.54, 1.807) is 36.4 Å². The second kappa shape index (κ2) is 8.05. The fourth-order valence-corrected chi connectivity index (χ4v) is 4.61. The number of hydrogen-bond donors (Lipinski definition) is 0. The van der Waals surface area contributed by atoms with Crippen LogP contribution in [0.2, 0.25) is 10.0 Å². The lowest BCUT2D eigenvalue weighted by atomic mass is 10.2. The molecule has 2 aromatic rings. The van der Waals surface area contributed by atoms with E-state index in [2.05, 4.69) is 4.90 Å². The molecule has 8 heteroatoms. The van der Waals surface area contributed by atoms with Crippen LogP contribution in [0, 0.1) is 0 Å². The third kappa shape index (κ3) is 4.09. The van der Waals surface area contributed by atoms with Crippen molar-refractivity contribution in [1.82, 2.24) is 4.31 Å². The minimum absolute atomic E-state index is 0.281. The van der Waals surface area contributed by atoms with Gasteiger partial charge in [0.05, 0.1) is 21.5 Å². The highest BCUT2D eigenvalue weighted by Gasteiger charge is 2.28. The first-order valence-corrected chi connectivity index (χ1v) is 10.5. The monoisotopic (exact) mass is 414 g/mol. The van der Waals surface area contributed by atoms with Gasteiger partial charge < -0.3 is 9.64 Å². The Morgan fingerprint density at radius 2 is 1.62 bits per heavy atom. The lowest BCUT2D eigenvalue weighted by molar-refractivity contribution is 0.340. The molecule has 1 heterocycles. The van der Waals surface area contributed by atoms with Crippen molar-refractivity contribution >= 4 is 38.9 Å². The summed E-state index contributed by atoms with van der Waals surface area (Å²) in [7, 11) is -3.51. The number of anilines is 1. The molecule has 26 heavy (non-hydrogen) atoms. The maximum Gasteiger partial charge on any atom is 0.243 e. The maximum atomic E-state index is 12.8. The summed E-state index contributed by atoms with van der Waals surface area (Å²) >= 11 is 12.0. The van der Waals surface area contributed by atoms with Crippen LogP contribution in [0.25, 0.3) is 0 Å². The highest BCUT2D eigenvalue weighted by molar-refractivity contribution is 7.89. The van der Waals surface area contributed by atoms with Gasteiger partial charge in [0.25, 0.3) is 0 Å². The van der Waals surface area contributed by atoms with Crippen molar-refractivity contribution in [3.05, 3.63) is 52.5 Å².